The number of hydrogen-bond donors (Lipinski definition) is 1. The minimum atomic E-state index is -0.591. The molecular weight excluding hydrogens is 238 g/mol. The maximum Gasteiger partial charge on any atom is 0.102 e. The number of aryl methyl sites for hydroxylation is 1. The molecular formula is C15H21N3O. The van der Waals surface area contributed by atoms with Crippen LogP contribution in [0.15, 0.2) is 30.6 Å². The van der Waals surface area contributed by atoms with E-state index in [9.17, 15) is 5.11 Å². The molecule has 2 aromatic rings. The van der Waals surface area contributed by atoms with E-state index in [4.69, 9.17) is 0 Å². The van der Waals surface area contributed by atoms with Crippen LogP contribution in [0, 0.1) is 0 Å². The van der Waals surface area contributed by atoms with Crippen molar-refractivity contribution in [2.45, 2.75) is 45.8 Å². The highest BCUT2D eigenvalue weighted by Crippen LogP contribution is 2.20. The molecule has 4 nitrogen and oxygen atoms in total. The molecule has 1 unspecified atom stereocenters. The van der Waals surface area contributed by atoms with Crippen LogP contribution >= 0.6 is 0 Å². The van der Waals surface area contributed by atoms with Crippen LogP contribution in [0.2, 0.25) is 0 Å². The van der Waals surface area contributed by atoms with Crippen LogP contribution in [0.25, 0.3) is 0 Å². The lowest BCUT2D eigenvalue weighted by Gasteiger charge is -2.12. The van der Waals surface area contributed by atoms with Crippen LogP contribution in [-0.2, 0) is 12.8 Å². The Bertz CT molecular complexity index is 534. The van der Waals surface area contributed by atoms with Crippen LogP contribution < -0.4 is 0 Å². The first-order valence-corrected chi connectivity index (χ1v) is 6.77. The zero-order valence-corrected chi connectivity index (χ0v) is 11.7. The Morgan fingerprint density at radius 3 is 2.74 bits per heavy atom. The number of hydrogen-bond acceptors (Lipinski definition) is 3. The fourth-order valence-electron chi connectivity index (χ4n) is 2.12. The molecule has 0 aliphatic carbocycles. The van der Waals surface area contributed by atoms with Gasteiger partial charge in [-0.2, -0.15) is 5.10 Å². The average Bonchev–Trinajstić information content (AvgIpc) is 2.87. The molecule has 1 N–H and O–H groups in total. The van der Waals surface area contributed by atoms with Gasteiger partial charge in [-0.3, -0.25) is 9.67 Å². The van der Waals surface area contributed by atoms with Crippen LogP contribution in [-0.4, -0.2) is 19.9 Å². The summed E-state index contributed by atoms with van der Waals surface area (Å²) in [5.41, 5.74) is 2.76. The summed E-state index contributed by atoms with van der Waals surface area (Å²) < 4.78 is 1.90. The van der Waals surface area contributed by atoms with Gasteiger partial charge in [0.15, 0.2) is 0 Å². The minimum absolute atomic E-state index is 0.340. The van der Waals surface area contributed by atoms with Gasteiger partial charge in [0, 0.05) is 24.9 Å². The van der Waals surface area contributed by atoms with Crippen LogP contribution in [0.1, 0.15) is 49.9 Å². The quantitative estimate of drug-likeness (QED) is 0.898. The lowest BCUT2D eigenvalue weighted by atomic mass is 10.0. The summed E-state index contributed by atoms with van der Waals surface area (Å²) >= 11 is 0. The lowest BCUT2D eigenvalue weighted by Crippen LogP contribution is -2.09. The van der Waals surface area contributed by atoms with E-state index < -0.39 is 6.10 Å². The molecule has 2 aromatic heterocycles. The van der Waals surface area contributed by atoms with Gasteiger partial charge in [0.2, 0.25) is 0 Å². The van der Waals surface area contributed by atoms with Crippen LogP contribution in [0.4, 0.5) is 0 Å². The van der Waals surface area contributed by atoms with Crippen molar-refractivity contribution in [2.24, 2.45) is 0 Å². The molecule has 0 bridgehead atoms. The largest absolute Gasteiger partial charge is 0.386 e. The van der Waals surface area contributed by atoms with Crippen molar-refractivity contribution in [3.8, 4) is 0 Å². The van der Waals surface area contributed by atoms with E-state index in [0.717, 1.165) is 23.4 Å². The Kier molecular flexibility index (Phi) is 4.32. The van der Waals surface area contributed by atoms with Gasteiger partial charge in [-0.05, 0) is 38.0 Å². The second-order valence-corrected chi connectivity index (χ2v) is 5.00. The number of nitrogens with zero attached hydrogens (tertiary/aromatic N) is 3. The highest BCUT2D eigenvalue weighted by molar-refractivity contribution is 5.22. The third-order valence-electron chi connectivity index (χ3n) is 3.22. The van der Waals surface area contributed by atoms with Crippen molar-refractivity contribution in [3.05, 3.63) is 47.5 Å². The summed E-state index contributed by atoms with van der Waals surface area (Å²) in [6.45, 7) is 6.24. The predicted molar refractivity (Wildman–Crippen MR) is 74.9 cm³/mol. The van der Waals surface area contributed by atoms with E-state index in [-0.39, 0.29) is 0 Å². The molecule has 0 amide bonds. The van der Waals surface area contributed by atoms with Gasteiger partial charge < -0.3 is 5.11 Å². The number of aliphatic hydroxyl groups is 1. The molecule has 4 heteroatoms. The summed E-state index contributed by atoms with van der Waals surface area (Å²) in [6.07, 6.45) is 4.47. The molecule has 0 radical (unpaired) electrons. The molecule has 102 valence electrons. The molecule has 0 saturated carbocycles. The fraction of sp³-hybridized carbons (Fsp3) is 0.467. The van der Waals surface area contributed by atoms with Gasteiger partial charge in [-0.1, -0.05) is 13.0 Å². The molecule has 0 aromatic carbocycles. The van der Waals surface area contributed by atoms with Gasteiger partial charge >= 0.3 is 0 Å². The van der Waals surface area contributed by atoms with Gasteiger partial charge in [-0.15, -0.1) is 0 Å². The van der Waals surface area contributed by atoms with Crippen molar-refractivity contribution in [1.29, 1.82) is 0 Å². The maximum absolute atomic E-state index is 10.3. The Morgan fingerprint density at radius 1 is 1.32 bits per heavy atom. The molecule has 19 heavy (non-hydrogen) atoms. The van der Waals surface area contributed by atoms with E-state index in [0.29, 0.717) is 12.5 Å². The highest BCUT2D eigenvalue weighted by Gasteiger charge is 2.15. The van der Waals surface area contributed by atoms with E-state index >= 15 is 0 Å². The molecule has 1 atom stereocenters. The molecule has 2 rings (SSSR count). The molecule has 0 spiro atoms. The van der Waals surface area contributed by atoms with Crippen LogP contribution in [0.3, 0.4) is 0 Å². The summed E-state index contributed by atoms with van der Waals surface area (Å²) in [6, 6.07) is 6.21. The highest BCUT2D eigenvalue weighted by atomic mass is 16.3. The van der Waals surface area contributed by atoms with E-state index in [1.165, 1.54) is 0 Å². The van der Waals surface area contributed by atoms with Crippen molar-refractivity contribution in [1.82, 2.24) is 14.8 Å². The van der Waals surface area contributed by atoms with Crippen molar-refractivity contribution < 1.29 is 5.11 Å². The van der Waals surface area contributed by atoms with Gasteiger partial charge in [0.05, 0.1) is 11.4 Å². The monoisotopic (exact) mass is 259 g/mol. The fourth-order valence-corrected chi connectivity index (χ4v) is 2.12. The third kappa shape index (κ3) is 3.20. The summed E-state index contributed by atoms with van der Waals surface area (Å²) in [7, 11) is 0. The minimum Gasteiger partial charge on any atom is -0.386 e. The van der Waals surface area contributed by atoms with Crippen molar-refractivity contribution in [2.75, 3.05) is 0 Å². The first kappa shape index (κ1) is 13.7. The van der Waals surface area contributed by atoms with Crippen molar-refractivity contribution in [3.63, 3.8) is 0 Å². The van der Waals surface area contributed by atoms with Gasteiger partial charge in [0.25, 0.3) is 0 Å². The second-order valence-electron chi connectivity index (χ2n) is 5.00. The zero-order valence-electron chi connectivity index (χ0n) is 11.7. The first-order valence-electron chi connectivity index (χ1n) is 6.77. The Labute approximate surface area is 114 Å². The molecule has 2 heterocycles. The number of aromatic nitrogens is 3. The predicted octanol–water partition coefficient (Wildman–Crippen LogP) is 2.70. The smallest absolute Gasteiger partial charge is 0.102 e. The van der Waals surface area contributed by atoms with Crippen molar-refractivity contribution >= 4 is 0 Å². The second kappa shape index (κ2) is 5.97. The Morgan fingerprint density at radius 2 is 2.11 bits per heavy atom. The summed E-state index contributed by atoms with van der Waals surface area (Å²) in [4.78, 5) is 4.30. The molecule has 0 aliphatic heterocycles. The molecule has 0 fully saturated rings. The topological polar surface area (TPSA) is 50.9 Å². The van der Waals surface area contributed by atoms with E-state index in [2.05, 4.69) is 30.9 Å². The zero-order chi connectivity index (χ0) is 13.8. The third-order valence-corrected chi connectivity index (χ3v) is 3.22. The molecule has 0 saturated heterocycles. The van der Waals surface area contributed by atoms with E-state index in [1.807, 2.05) is 29.1 Å². The van der Waals surface area contributed by atoms with Gasteiger partial charge in [0.1, 0.15) is 6.10 Å². The average molecular weight is 259 g/mol. The summed E-state index contributed by atoms with van der Waals surface area (Å²) in [5.74, 6) is 0. The number of rotatable bonds is 5. The SMILES string of the molecule is CCc1cccnc1C(O)Cc1ccn(C(C)C)n1. The Hall–Kier alpha value is -1.68. The number of aliphatic hydroxyl groups excluding tert-OH is 1. The number of pyridine rings is 1. The maximum atomic E-state index is 10.3. The van der Waals surface area contributed by atoms with E-state index in [1.54, 1.807) is 6.20 Å². The Balaban J connectivity index is 2.13. The van der Waals surface area contributed by atoms with Gasteiger partial charge in [-0.25, -0.2) is 0 Å². The first-order chi connectivity index (χ1) is 9.11. The summed E-state index contributed by atoms with van der Waals surface area (Å²) in [5, 5.41) is 14.8. The normalized spacial score (nSPS) is 12.9. The molecule has 0 aliphatic rings. The van der Waals surface area contributed by atoms with Crippen LogP contribution in [0.5, 0.6) is 0 Å². The standard InChI is InChI=1S/C15H21N3O/c1-4-12-6-5-8-16-15(12)14(19)10-13-7-9-18(17-13)11(2)3/h5-9,11,14,19H,4,10H2,1-3H3. The lowest BCUT2D eigenvalue weighted by molar-refractivity contribution is 0.171.